The Hall–Kier alpha value is -2.61. The third-order valence-corrected chi connectivity index (χ3v) is 9.33. The summed E-state index contributed by atoms with van der Waals surface area (Å²) in [6.07, 6.45) is -0.0642. The maximum atomic E-state index is 12.7. The second kappa shape index (κ2) is 9.90. The Morgan fingerprint density at radius 1 is 1.16 bits per heavy atom. The van der Waals surface area contributed by atoms with Crippen LogP contribution in [-0.4, -0.2) is 38.7 Å². The number of carbonyl (C=O) groups is 1. The number of benzene rings is 2. The summed E-state index contributed by atoms with van der Waals surface area (Å²) >= 11 is 1.59. The number of hydrogen-bond donors (Lipinski definition) is 2. The molecule has 10 heteroatoms. The van der Waals surface area contributed by atoms with Gasteiger partial charge in [0.2, 0.25) is 7.37 Å². The van der Waals surface area contributed by atoms with Gasteiger partial charge < -0.3 is 15.6 Å². The summed E-state index contributed by atoms with van der Waals surface area (Å²) in [7, 11) is -6.38. The average Bonchev–Trinajstić information content (AvgIpc) is 3.29. The Labute approximate surface area is 192 Å². The van der Waals surface area contributed by atoms with Gasteiger partial charge in [-0.15, -0.1) is 11.3 Å². The molecule has 1 heterocycles. The fourth-order valence-electron chi connectivity index (χ4n) is 2.84. The quantitative estimate of drug-likeness (QED) is 0.322. The van der Waals surface area contributed by atoms with Crippen molar-refractivity contribution in [2.75, 3.05) is 35.4 Å². The lowest BCUT2D eigenvalue weighted by Crippen LogP contribution is -2.14. The predicted octanol–water partition coefficient (Wildman–Crippen LogP) is 4.97. The van der Waals surface area contributed by atoms with Crippen LogP contribution in [0.4, 0.5) is 11.4 Å². The first kappa shape index (κ1) is 24.0. The number of carbonyl (C=O) groups excluding carboxylic acids is 1. The summed E-state index contributed by atoms with van der Waals surface area (Å²) in [6.45, 7) is 2.95. The van der Waals surface area contributed by atoms with Gasteiger partial charge in [-0.05, 0) is 53.4 Å². The Morgan fingerprint density at radius 2 is 1.88 bits per heavy atom. The highest BCUT2D eigenvalue weighted by Crippen LogP contribution is 2.43. The highest BCUT2D eigenvalue weighted by atomic mass is 32.2. The molecule has 0 radical (unpaired) electrons. The van der Waals surface area contributed by atoms with Crippen molar-refractivity contribution in [3.63, 3.8) is 0 Å². The van der Waals surface area contributed by atoms with E-state index in [0.29, 0.717) is 22.7 Å². The van der Waals surface area contributed by atoms with Crippen molar-refractivity contribution in [1.29, 1.82) is 0 Å². The Kier molecular flexibility index (Phi) is 7.44. The van der Waals surface area contributed by atoms with Crippen molar-refractivity contribution in [2.45, 2.75) is 6.92 Å². The van der Waals surface area contributed by atoms with Gasteiger partial charge in [0.25, 0.3) is 5.91 Å². The lowest BCUT2D eigenvalue weighted by Gasteiger charge is -2.15. The van der Waals surface area contributed by atoms with E-state index in [1.54, 1.807) is 36.5 Å². The summed E-state index contributed by atoms with van der Waals surface area (Å²) < 4.78 is 41.4. The number of thiophene rings is 1. The molecule has 0 aliphatic heterocycles. The van der Waals surface area contributed by atoms with Gasteiger partial charge in [0.1, 0.15) is 5.75 Å². The normalized spacial score (nSPS) is 13.3. The van der Waals surface area contributed by atoms with Gasteiger partial charge in [-0.3, -0.25) is 9.36 Å². The van der Waals surface area contributed by atoms with E-state index in [1.807, 2.05) is 29.6 Å². The standard InChI is InChI=1S/C22H25N2O5PS2/c1-3-32(27,28)14-12-30(2,26)29-18-9-6-16(7-10-18)22(25)24-20-15-17(8-11-19(20)23)21-5-4-13-31-21/h4-11,13,15H,3,12,14,23H2,1-2H3,(H,24,25). The first-order valence-corrected chi connectivity index (χ1v) is 14.9. The van der Waals surface area contributed by atoms with Crippen LogP contribution in [0.2, 0.25) is 0 Å². The van der Waals surface area contributed by atoms with E-state index in [9.17, 15) is 17.8 Å². The number of hydrogen-bond acceptors (Lipinski definition) is 7. The van der Waals surface area contributed by atoms with E-state index in [4.69, 9.17) is 10.3 Å². The molecule has 2 aromatic carbocycles. The third kappa shape index (κ3) is 6.45. The van der Waals surface area contributed by atoms with Crippen molar-refractivity contribution in [3.8, 4) is 16.2 Å². The lowest BCUT2D eigenvalue weighted by molar-refractivity contribution is 0.102. The first-order valence-electron chi connectivity index (χ1n) is 9.90. The molecule has 3 rings (SSSR count). The van der Waals surface area contributed by atoms with E-state index in [2.05, 4.69) is 5.32 Å². The zero-order chi connectivity index (χ0) is 23.4. The average molecular weight is 493 g/mol. The van der Waals surface area contributed by atoms with Gasteiger partial charge in [-0.2, -0.15) is 0 Å². The molecule has 170 valence electrons. The summed E-state index contributed by atoms with van der Waals surface area (Å²) in [5.74, 6) is -0.234. The molecule has 0 aliphatic rings. The number of amides is 1. The number of rotatable bonds is 9. The van der Waals surface area contributed by atoms with Gasteiger partial charge in [0, 0.05) is 29.0 Å². The highest BCUT2D eigenvalue weighted by Gasteiger charge is 2.21. The smallest absolute Gasteiger partial charge is 0.255 e. The van der Waals surface area contributed by atoms with Crippen LogP contribution in [0.5, 0.6) is 5.75 Å². The van der Waals surface area contributed by atoms with Crippen LogP contribution < -0.4 is 15.6 Å². The maximum absolute atomic E-state index is 12.7. The van der Waals surface area contributed by atoms with Crippen LogP contribution in [0.25, 0.3) is 10.4 Å². The highest BCUT2D eigenvalue weighted by molar-refractivity contribution is 7.91. The van der Waals surface area contributed by atoms with E-state index in [0.717, 1.165) is 10.4 Å². The molecule has 0 spiro atoms. The molecule has 1 aromatic heterocycles. The second-order valence-electron chi connectivity index (χ2n) is 7.32. The van der Waals surface area contributed by atoms with Crippen LogP contribution in [0.1, 0.15) is 17.3 Å². The fraction of sp³-hybridized carbons (Fsp3) is 0.227. The molecule has 3 aromatic rings. The summed E-state index contributed by atoms with van der Waals surface area (Å²) in [5, 5.41) is 4.80. The fourth-order valence-corrected chi connectivity index (χ4v) is 6.95. The van der Waals surface area contributed by atoms with Gasteiger partial charge in [0.15, 0.2) is 9.84 Å². The molecule has 7 nitrogen and oxygen atoms in total. The number of anilines is 2. The van der Waals surface area contributed by atoms with E-state index in [1.165, 1.54) is 18.8 Å². The summed E-state index contributed by atoms with van der Waals surface area (Å²) in [4.78, 5) is 13.7. The topological polar surface area (TPSA) is 116 Å². The Morgan fingerprint density at radius 3 is 2.50 bits per heavy atom. The predicted molar refractivity (Wildman–Crippen MR) is 132 cm³/mol. The van der Waals surface area contributed by atoms with Crippen molar-refractivity contribution < 1.29 is 22.3 Å². The third-order valence-electron chi connectivity index (χ3n) is 4.77. The molecule has 1 atom stereocenters. The largest absolute Gasteiger partial charge is 0.443 e. The van der Waals surface area contributed by atoms with Gasteiger partial charge in [0.05, 0.1) is 17.1 Å². The minimum absolute atomic E-state index is 0.00242. The lowest BCUT2D eigenvalue weighted by atomic mass is 10.1. The van der Waals surface area contributed by atoms with Crippen LogP contribution >= 0.6 is 18.7 Å². The number of sulfone groups is 1. The molecular weight excluding hydrogens is 467 g/mol. The molecule has 0 aliphatic carbocycles. The number of nitrogens with one attached hydrogen (secondary N) is 1. The van der Waals surface area contributed by atoms with E-state index >= 15 is 0 Å². The molecule has 32 heavy (non-hydrogen) atoms. The number of nitrogens with two attached hydrogens (primary N) is 1. The monoisotopic (exact) mass is 492 g/mol. The van der Waals surface area contributed by atoms with Crippen molar-refractivity contribution in [3.05, 3.63) is 65.5 Å². The molecule has 0 fully saturated rings. The van der Waals surface area contributed by atoms with Crippen LogP contribution in [0, 0.1) is 0 Å². The van der Waals surface area contributed by atoms with E-state index < -0.39 is 17.2 Å². The Bertz CT molecular complexity index is 1240. The van der Waals surface area contributed by atoms with Gasteiger partial charge in [-0.1, -0.05) is 19.1 Å². The zero-order valence-electron chi connectivity index (χ0n) is 17.8. The molecule has 3 N–H and O–H groups in total. The van der Waals surface area contributed by atoms with Crippen LogP contribution in [-0.2, 0) is 14.4 Å². The summed E-state index contributed by atoms with van der Waals surface area (Å²) in [5.41, 5.74) is 8.32. The molecular formula is C22H25N2O5PS2. The van der Waals surface area contributed by atoms with Crippen molar-refractivity contribution in [2.24, 2.45) is 0 Å². The zero-order valence-corrected chi connectivity index (χ0v) is 20.3. The maximum Gasteiger partial charge on any atom is 0.255 e. The summed E-state index contributed by atoms with van der Waals surface area (Å²) in [6, 6.07) is 15.6. The van der Waals surface area contributed by atoms with Gasteiger partial charge >= 0.3 is 0 Å². The molecule has 0 saturated heterocycles. The van der Waals surface area contributed by atoms with E-state index in [-0.39, 0.29) is 23.6 Å². The van der Waals surface area contributed by atoms with Crippen LogP contribution in [0.15, 0.2) is 60.0 Å². The van der Waals surface area contributed by atoms with Crippen molar-refractivity contribution in [1.82, 2.24) is 0 Å². The second-order valence-corrected chi connectivity index (χ2v) is 13.4. The minimum atomic E-state index is -3.23. The number of nitrogen functional groups attached to an aromatic ring is 1. The van der Waals surface area contributed by atoms with Crippen molar-refractivity contribution >= 4 is 45.8 Å². The molecule has 1 unspecified atom stereocenters. The van der Waals surface area contributed by atoms with Gasteiger partial charge in [-0.25, -0.2) is 8.42 Å². The first-order chi connectivity index (χ1) is 15.1. The molecule has 1 amide bonds. The minimum Gasteiger partial charge on any atom is -0.443 e. The molecule has 0 bridgehead atoms. The SMILES string of the molecule is CCS(=O)(=O)CCP(C)(=O)Oc1ccc(C(=O)Nc2cc(-c3cccs3)ccc2N)cc1. The van der Waals surface area contributed by atoms with Crippen LogP contribution in [0.3, 0.4) is 0 Å². The Balaban J connectivity index is 1.67. The molecule has 0 saturated carbocycles.